The van der Waals surface area contributed by atoms with Crippen LogP contribution in [0, 0.1) is 6.57 Å². The van der Waals surface area contributed by atoms with Crippen LogP contribution < -0.4 is 5.56 Å². The van der Waals surface area contributed by atoms with Crippen molar-refractivity contribution in [2.24, 2.45) is 0 Å². The molecule has 3 rings (SSSR count). The highest BCUT2D eigenvalue weighted by atomic mass is 35.5. The maximum Gasteiger partial charge on any atom is 0.278 e. The van der Waals surface area contributed by atoms with Gasteiger partial charge in [0, 0.05) is 10.6 Å². The third-order valence-electron chi connectivity index (χ3n) is 2.52. The third-order valence-corrected chi connectivity index (χ3v) is 3.85. The molecule has 0 atom stereocenters. The number of aromatic nitrogens is 3. The van der Waals surface area contributed by atoms with Crippen LogP contribution in [0.2, 0.25) is 5.02 Å². The van der Waals surface area contributed by atoms with Gasteiger partial charge in [0.2, 0.25) is 5.69 Å². The monoisotopic (exact) mass is 288 g/mol. The van der Waals surface area contributed by atoms with Gasteiger partial charge in [0.05, 0.1) is 12.9 Å². The van der Waals surface area contributed by atoms with Crippen molar-refractivity contribution < 1.29 is 0 Å². The second-order valence-corrected chi connectivity index (χ2v) is 5.07. The van der Waals surface area contributed by atoms with Gasteiger partial charge in [-0.1, -0.05) is 35.1 Å². The second-order valence-electron chi connectivity index (χ2n) is 3.68. The molecule has 92 valence electrons. The fraction of sp³-hybridized carbons (Fsp3) is 0. The van der Waals surface area contributed by atoms with E-state index in [1.165, 1.54) is 17.7 Å². The normalized spacial score (nSPS) is 10.5. The van der Waals surface area contributed by atoms with Crippen LogP contribution in [0.15, 0.2) is 29.3 Å². The number of aromatic amines is 1. The van der Waals surface area contributed by atoms with E-state index in [0.29, 0.717) is 26.1 Å². The Morgan fingerprint density at radius 1 is 1.42 bits per heavy atom. The highest BCUT2D eigenvalue weighted by Gasteiger charge is 2.11. The molecular weight excluding hydrogens is 284 g/mol. The van der Waals surface area contributed by atoms with Gasteiger partial charge in [0.1, 0.15) is 5.01 Å². The van der Waals surface area contributed by atoms with E-state index in [1.54, 1.807) is 18.2 Å². The molecule has 2 aromatic heterocycles. The minimum absolute atomic E-state index is 0.271. The van der Waals surface area contributed by atoms with Crippen molar-refractivity contribution in [3.8, 4) is 10.6 Å². The minimum atomic E-state index is -0.271. The highest BCUT2D eigenvalue weighted by Crippen LogP contribution is 2.33. The minimum Gasteiger partial charge on any atom is -0.311 e. The van der Waals surface area contributed by atoms with E-state index in [4.69, 9.17) is 18.2 Å². The Kier molecular flexibility index (Phi) is 2.78. The number of nitrogens with zero attached hydrogens (tertiary/aromatic N) is 3. The van der Waals surface area contributed by atoms with Gasteiger partial charge in [-0.2, -0.15) is 0 Å². The first-order chi connectivity index (χ1) is 9.19. The van der Waals surface area contributed by atoms with E-state index in [1.807, 2.05) is 0 Å². The van der Waals surface area contributed by atoms with E-state index in [0.717, 1.165) is 5.56 Å². The van der Waals surface area contributed by atoms with Crippen LogP contribution in [-0.4, -0.2) is 15.0 Å². The molecule has 2 heterocycles. The summed E-state index contributed by atoms with van der Waals surface area (Å²) in [5.41, 5.74) is 1.15. The lowest BCUT2D eigenvalue weighted by Crippen LogP contribution is -2.05. The molecule has 0 fully saturated rings. The first-order valence-electron chi connectivity index (χ1n) is 5.20. The Morgan fingerprint density at radius 3 is 3.00 bits per heavy atom. The molecule has 1 N–H and O–H groups in total. The molecule has 1 aromatic carbocycles. The van der Waals surface area contributed by atoms with E-state index >= 15 is 0 Å². The van der Waals surface area contributed by atoms with E-state index in [-0.39, 0.29) is 5.56 Å². The fourth-order valence-corrected chi connectivity index (χ4v) is 2.69. The number of H-pyrrole nitrogens is 1. The second kappa shape index (κ2) is 4.46. The van der Waals surface area contributed by atoms with Gasteiger partial charge in [-0.25, -0.2) is 14.8 Å². The Balaban J connectivity index is 2.23. The van der Waals surface area contributed by atoms with Crippen LogP contribution in [0.4, 0.5) is 5.69 Å². The predicted molar refractivity (Wildman–Crippen MR) is 74.7 cm³/mol. The highest BCUT2D eigenvalue weighted by molar-refractivity contribution is 7.21. The lowest BCUT2D eigenvalue weighted by Gasteiger charge is -1.98. The van der Waals surface area contributed by atoms with E-state index in [9.17, 15) is 4.79 Å². The van der Waals surface area contributed by atoms with Crippen molar-refractivity contribution in [1.82, 2.24) is 15.0 Å². The average molecular weight is 289 g/mol. The summed E-state index contributed by atoms with van der Waals surface area (Å²) in [5.74, 6) is 0. The van der Waals surface area contributed by atoms with Crippen molar-refractivity contribution in [3.63, 3.8) is 0 Å². The van der Waals surface area contributed by atoms with E-state index in [2.05, 4.69) is 19.8 Å². The summed E-state index contributed by atoms with van der Waals surface area (Å²) in [7, 11) is 0. The topological polar surface area (TPSA) is 63.0 Å². The van der Waals surface area contributed by atoms with E-state index < -0.39 is 0 Å². The van der Waals surface area contributed by atoms with Gasteiger partial charge in [-0.05, 0) is 6.07 Å². The van der Waals surface area contributed by atoms with Crippen LogP contribution in [0.25, 0.3) is 25.8 Å². The summed E-state index contributed by atoms with van der Waals surface area (Å²) in [4.78, 5) is 26.3. The predicted octanol–water partition coefficient (Wildman–Crippen LogP) is 3.25. The summed E-state index contributed by atoms with van der Waals surface area (Å²) < 4.78 is 0. The number of hydrogen-bond donors (Lipinski definition) is 1. The first kappa shape index (κ1) is 11.8. The average Bonchev–Trinajstić information content (AvgIpc) is 2.85. The smallest absolute Gasteiger partial charge is 0.278 e. The summed E-state index contributed by atoms with van der Waals surface area (Å²) in [5, 5.41) is 1.04. The number of fused-ring (bicyclic) bond motifs is 1. The lowest BCUT2D eigenvalue weighted by molar-refractivity contribution is 1.17. The summed E-state index contributed by atoms with van der Waals surface area (Å²) >= 11 is 7.19. The standard InChI is InChI=1S/C12H5ClN4OS/c1-14-8-4-6(2-3-7(8)13)11-17-9-10(18)15-5-16-12(9)19-11/h2-5H,(H,15,16,18). The van der Waals surface area contributed by atoms with Gasteiger partial charge >= 0.3 is 0 Å². The fourth-order valence-electron chi connectivity index (χ4n) is 1.62. The molecule has 0 saturated heterocycles. The molecule has 0 aliphatic carbocycles. The van der Waals surface area contributed by atoms with Crippen molar-refractivity contribution in [2.75, 3.05) is 0 Å². The molecule has 0 unspecified atom stereocenters. The van der Waals surface area contributed by atoms with Crippen LogP contribution in [0.3, 0.4) is 0 Å². The zero-order valence-corrected chi connectivity index (χ0v) is 10.9. The molecule has 0 aliphatic rings. The summed E-state index contributed by atoms with van der Waals surface area (Å²) in [6.45, 7) is 7.04. The van der Waals surface area contributed by atoms with Crippen LogP contribution in [0.5, 0.6) is 0 Å². The third kappa shape index (κ3) is 1.99. The zero-order chi connectivity index (χ0) is 13.4. The van der Waals surface area contributed by atoms with Crippen LogP contribution >= 0.6 is 22.9 Å². The zero-order valence-electron chi connectivity index (χ0n) is 9.35. The number of nitrogens with one attached hydrogen (secondary N) is 1. The van der Waals surface area contributed by atoms with Gasteiger partial charge in [0.25, 0.3) is 5.56 Å². The maximum atomic E-state index is 11.6. The number of thiazole rings is 1. The quantitative estimate of drug-likeness (QED) is 0.699. The molecule has 0 spiro atoms. The summed E-state index contributed by atoms with van der Waals surface area (Å²) in [6, 6.07) is 5.07. The van der Waals surface area contributed by atoms with Crippen molar-refractivity contribution in [3.05, 3.63) is 51.3 Å². The van der Waals surface area contributed by atoms with Crippen LogP contribution in [-0.2, 0) is 0 Å². The summed E-state index contributed by atoms with van der Waals surface area (Å²) in [6.07, 6.45) is 1.35. The Bertz CT molecular complexity index is 877. The SMILES string of the molecule is [C-]#[N+]c1cc(-c2nc3c(=O)[nH]cnc3s2)ccc1Cl. The maximum absolute atomic E-state index is 11.6. The molecule has 0 saturated carbocycles. The Morgan fingerprint density at radius 2 is 2.26 bits per heavy atom. The van der Waals surface area contributed by atoms with Gasteiger partial charge < -0.3 is 4.98 Å². The number of halogens is 1. The molecule has 19 heavy (non-hydrogen) atoms. The molecular formula is C12H5ClN4OS. The largest absolute Gasteiger partial charge is 0.311 e. The molecule has 0 aliphatic heterocycles. The molecule has 0 amide bonds. The Labute approximate surface area is 116 Å². The first-order valence-corrected chi connectivity index (χ1v) is 6.40. The number of hydrogen-bond acceptors (Lipinski definition) is 4. The number of benzene rings is 1. The van der Waals surface area contributed by atoms with Crippen LogP contribution in [0.1, 0.15) is 0 Å². The number of rotatable bonds is 1. The Hall–Kier alpha value is -2.23. The molecule has 5 nitrogen and oxygen atoms in total. The molecule has 0 radical (unpaired) electrons. The van der Waals surface area contributed by atoms with Gasteiger partial charge in [0.15, 0.2) is 10.3 Å². The molecule has 7 heteroatoms. The van der Waals surface area contributed by atoms with Crippen molar-refractivity contribution >= 4 is 39.0 Å². The van der Waals surface area contributed by atoms with Crippen molar-refractivity contribution in [1.29, 1.82) is 0 Å². The van der Waals surface area contributed by atoms with Gasteiger partial charge in [-0.15, -0.1) is 0 Å². The van der Waals surface area contributed by atoms with Gasteiger partial charge in [-0.3, -0.25) is 4.79 Å². The lowest BCUT2D eigenvalue weighted by atomic mass is 10.2. The molecule has 3 aromatic rings. The van der Waals surface area contributed by atoms with Crippen molar-refractivity contribution in [2.45, 2.75) is 0 Å². The molecule has 0 bridgehead atoms.